The molecule has 6 nitrogen and oxygen atoms in total. The van der Waals surface area contributed by atoms with Gasteiger partial charge >= 0.3 is 0 Å². The van der Waals surface area contributed by atoms with E-state index in [-0.39, 0.29) is 0 Å². The molecule has 4 aromatic heterocycles. The summed E-state index contributed by atoms with van der Waals surface area (Å²) in [6.45, 7) is 0. The highest BCUT2D eigenvalue weighted by Gasteiger charge is 2.18. The number of carbonyl (C=O) groups is 1. The number of thiazole rings is 1. The molecule has 0 saturated carbocycles. The van der Waals surface area contributed by atoms with Gasteiger partial charge in [0.25, 0.3) is 5.91 Å². The summed E-state index contributed by atoms with van der Waals surface area (Å²) in [5.74, 6) is -2.46. The predicted molar refractivity (Wildman–Crippen MR) is 99.7 cm³/mol. The van der Waals surface area contributed by atoms with Gasteiger partial charge in [-0.1, -0.05) is 0 Å². The van der Waals surface area contributed by atoms with E-state index in [9.17, 15) is 13.6 Å². The standard InChI is InChI=1S/C17H11F2N5OS2/c1-24-12(6-11(23-24)17-21-4-5-26-17)13-2-3-14(27-13)16(25)22-15-9(18)7-20-8-10(15)19/h2-8H,1H3,(H,20,22,25). The van der Waals surface area contributed by atoms with Crippen LogP contribution in [0.2, 0.25) is 0 Å². The van der Waals surface area contributed by atoms with Crippen LogP contribution in [0.25, 0.3) is 21.3 Å². The summed E-state index contributed by atoms with van der Waals surface area (Å²) in [5, 5.41) is 9.36. The molecule has 0 unspecified atom stereocenters. The molecular weight excluding hydrogens is 392 g/mol. The van der Waals surface area contributed by atoms with Crippen molar-refractivity contribution in [3.8, 4) is 21.3 Å². The van der Waals surface area contributed by atoms with Crippen molar-refractivity contribution in [3.05, 3.63) is 58.7 Å². The van der Waals surface area contributed by atoms with Crippen molar-refractivity contribution in [2.24, 2.45) is 7.05 Å². The van der Waals surface area contributed by atoms with Gasteiger partial charge in [-0.2, -0.15) is 5.10 Å². The minimum absolute atomic E-state index is 0.317. The largest absolute Gasteiger partial charge is 0.316 e. The molecule has 4 aromatic rings. The maximum Gasteiger partial charge on any atom is 0.265 e. The van der Waals surface area contributed by atoms with Gasteiger partial charge in [0.05, 0.1) is 27.8 Å². The number of nitrogens with one attached hydrogen (secondary N) is 1. The fraction of sp³-hybridized carbons (Fsp3) is 0.0588. The minimum atomic E-state index is -0.931. The summed E-state index contributed by atoms with van der Waals surface area (Å²) in [4.78, 5) is 21.1. The highest BCUT2D eigenvalue weighted by atomic mass is 32.1. The molecule has 1 N–H and O–H groups in total. The van der Waals surface area contributed by atoms with Crippen molar-refractivity contribution in [2.45, 2.75) is 0 Å². The first kappa shape index (κ1) is 17.4. The van der Waals surface area contributed by atoms with Crippen LogP contribution >= 0.6 is 22.7 Å². The molecule has 0 fully saturated rings. The molecular formula is C17H11F2N5OS2. The van der Waals surface area contributed by atoms with Crippen molar-refractivity contribution in [1.82, 2.24) is 19.7 Å². The molecule has 0 spiro atoms. The maximum atomic E-state index is 13.7. The summed E-state index contributed by atoms with van der Waals surface area (Å²) in [6, 6.07) is 5.25. The van der Waals surface area contributed by atoms with Gasteiger partial charge in [-0.3, -0.25) is 14.5 Å². The highest BCUT2D eigenvalue weighted by Crippen LogP contribution is 2.32. The summed E-state index contributed by atoms with van der Waals surface area (Å²) >= 11 is 2.68. The maximum absolute atomic E-state index is 13.7. The molecule has 0 aliphatic rings. The third-order valence-corrected chi connectivity index (χ3v) is 5.61. The fourth-order valence-corrected chi connectivity index (χ4v) is 4.00. The van der Waals surface area contributed by atoms with E-state index in [1.54, 1.807) is 30.1 Å². The number of hydrogen-bond acceptors (Lipinski definition) is 6. The Hall–Kier alpha value is -2.98. The van der Waals surface area contributed by atoms with Crippen LogP contribution in [0.5, 0.6) is 0 Å². The van der Waals surface area contributed by atoms with Crippen LogP contribution in [0.3, 0.4) is 0 Å². The third-order valence-electron chi connectivity index (χ3n) is 3.71. The van der Waals surface area contributed by atoms with Crippen molar-refractivity contribution >= 4 is 34.3 Å². The van der Waals surface area contributed by atoms with E-state index in [1.165, 1.54) is 22.7 Å². The Bertz CT molecular complexity index is 1100. The first-order valence-electron chi connectivity index (χ1n) is 7.67. The van der Waals surface area contributed by atoms with E-state index in [2.05, 4.69) is 20.4 Å². The van der Waals surface area contributed by atoms with E-state index >= 15 is 0 Å². The lowest BCUT2D eigenvalue weighted by molar-refractivity contribution is 0.102. The highest BCUT2D eigenvalue weighted by molar-refractivity contribution is 7.17. The fourth-order valence-electron chi connectivity index (χ4n) is 2.46. The van der Waals surface area contributed by atoms with Crippen molar-refractivity contribution in [3.63, 3.8) is 0 Å². The van der Waals surface area contributed by atoms with Gasteiger partial charge in [0, 0.05) is 18.6 Å². The van der Waals surface area contributed by atoms with Crippen molar-refractivity contribution in [1.29, 1.82) is 0 Å². The Morgan fingerprint density at radius 1 is 1.22 bits per heavy atom. The molecule has 27 heavy (non-hydrogen) atoms. The first-order valence-corrected chi connectivity index (χ1v) is 9.37. The molecule has 10 heteroatoms. The molecule has 0 aromatic carbocycles. The summed E-state index contributed by atoms with van der Waals surface area (Å²) in [6.07, 6.45) is 3.39. The lowest BCUT2D eigenvalue weighted by Crippen LogP contribution is -2.13. The van der Waals surface area contributed by atoms with Crippen LogP contribution in [0, 0.1) is 11.6 Å². The van der Waals surface area contributed by atoms with Crippen LogP contribution in [-0.4, -0.2) is 25.7 Å². The van der Waals surface area contributed by atoms with Crippen LogP contribution in [-0.2, 0) is 7.05 Å². The quantitative estimate of drug-likeness (QED) is 0.554. The summed E-state index contributed by atoms with van der Waals surface area (Å²) in [7, 11) is 1.80. The third kappa shape index (κ3) is 3.36. The van der Waals surface area contributed by atoms with E-state index in [0.717, 1.165) is 33.7 Å². The normalized spacial score (nSPS) is 10.9. The lowest BCUT2D eigenvalue weighted by Gasteiger charge is -2.05. The number of halogens is 2. The molecule has 0 bridgehead atoms. The zero-order valence-corrected chi connectivity index (χ0v) is 15.4. The molecule has 136 valence electrons. The van der Waals surface area contributed by atoms with Crippen LogP contribution < -0.4 is 5.32 Å². The van der Waals surface area contributed by atoms with E-state index in [0.29, 0.717) is 4.88 Å². The topological polar surface area (TPSA) is 72.7 Å². The number of amides is 1. The average Bonchev–Trinajstić information content (AvgIpc) is 3.37. The van der Waals surface area contributed by atoms with Gasteiger partial charge in [-0.25, -0.2) is 13.8 Å². The van der Waals surface area contributed by atoms with Crippen molar-refractivity contribution in [2.75, 3.05) is 5.32 Å². The number of pyridine rings is 1. The van der Waals surface area contributed by atoms with E-state index in [4.69, 9.17) is 0 Å². The summed E-state index contributed by atoms with van der Waals surface area (Å²) in [5.41, 5.74) is 1.03. The van der Waals surface area contributed by atoms with Gasteiger partial charge in [-0.15, -0.1) is 22.7 Å². The van der Waals surface area contributed by atoms with Crippen LogP contribution in [0.1, 0.15) is 9.67 Å². The van der Waals surface area contributed by atoms with Crippen LogP contribution in [0.4, 0.5) is 14.5 Å². The molecule has 0 saturated heterocycles. The monoisotopic (exact) mass is 403 g/mol. The lowest BCUT2D eigenvalue weighted by atomic mass is 10.3. The van der Waals surface area contributed by atoms with Crippen LogP contribution in [0.15, 0.2) is 42.2 Å². The Morgan fingerprint density at radius 3 is 2.70 bits per heavy atom. The molecule has 0 aliphatic heterocycles. The number of aromatic nitrogens is 4. The number of hydrogen-bond donors (Lipinski definition) is 1. The summed E-state index contributed by atoms with van der Waals surface area (Å²) < 4.78 is 29.0. The van der Waals surface area contributed by atoms with E-state index < -0.39 is 23.2 Å². The molecule has 0 atom stereocenters. The van der Waals surface area contributed by atoms with Gasteiger partial charge in [0.15, 0.2) is 11.6 Å². The predicted octanol–water partition coefficient (Wildman–Crippen LogP) is 4.20. The zero-order valence-electron chi connectivity index (χ0n) is 13.8. The zero-order chi connectivity index (χ0) is 19.0. The van der Waals surface area contributed by atoms with Crippen molar-refractivity contribution < 1.29 is 13.6 Å². The van der Waals surface area contributed by atoms with E-state index in [1.807, 2.05) is 11.4 Å². The smallest absolute Gasteiger partial charge is 0.265 e. The number of aryl methyl sites for hydroxylation is 1. The second kappa shape index (κ2) is 6.97. The second-order valence-electron chi connectivity index (χ2n) is 5.47. The minimum Gasteiger partial charge on any atom is -0.316 e. The molecule has 4 heterocycles. The van der Waals surface area contributed by atoms with Gasteiger partial charge in [0.1, 0.15) is 16.4 Å². The van der Waals surface area contributed by atoms with Gasteiger partial charge < -0.3 is 5.32 Å². The number of rotatable bonds is 4. The number of carbonyl (C=O) groups excluding carboxylic acids is 1. The molecule has 0 aliphatic carbocycles. The molecule has 0 radical (unpaired) electrons. The van der Waals surface area contributed by atoms with Gasteiger partial charge in [0.2, 0.25) is 0 Å². The molecule has 1 amide bonds. The molecule has 4 rings (SSSR count). The second-order valence-corrected chi connectivity index (χ2v) is 7.45. The average molecular weight is 403 g/mol. The Labute approximate surface area is 160 Å². The number of nitrogens with zero attached hydrogens (tertiary/aromatic N) is 4. The SMILES string of the molecule is Cn1nc(-c2nccs2)cc1-c1ccc(C(=O)Nc2c(F)cncc2F)s1. The van der Waals surface area contributed by atoms with Gasteiger partial charge in [-0.05, 0) is 18.2 Å². The first-order chi connectivity index (χ1) is 13.0. The Morgan fingerprint density at radius 2 is 2.00 bits per heavy atom. The number of anilines is 1. The Kier molecular flexibility index (Phi) is 4.50. The number of thiophene rings is 1. The Balaban J connectivity index is 1.60.